The van der Waals surface area contributed by atoms with Gasteiger partial charge in [0.15, 0.2) is 0 Å². The lowest BCUT2D eigenvalue weighted by Gasteiger charge is -2.35. The molecule has 0 radical (unpaired) electrons. The molecule has 3 nitrogen and oxygen atoms in total. The largest absolute Gasteiger partial charge is 0.354 e. The van der Waals surface area contributed by atoms with Crippen molar-refractivity contribution in [1.82, 2.24) is 9.88 Å². The molecule has 0 unspecified atom stereocenters. The maximum Gasteiger partial charge on any atom is 0.129 e. The van der Waals surface area contributed by atoms with Gasteiger partial charge in [-0.2, -0.15) is 0 Å². The first kappa shape index (κ1) is 14.5. The van der Waals surface area contributed by atoms with Crippen molar-refractivity contribution < 1.29 is 4.39 Å². The van der Waals surface area contributed by atoms with Crippen LogP contribution in [0.1, 0.15) is 12.8 Å². The summed E-state index contributed by atoms with van der Waals surface area (Å²) in [6.07, 6.45) is 2.74. The predicted molar refractivity (Wildman–Crippen MR) is 85.8 cm³/mol. The Kier molecular flexibility index (Phi) is 4.00. The van der Waals surface area contributed by atoms with E-state index in [0.29, 0.717) is 0 Å². The fraction of sp³-hybridized carbons (Fsp3) is 0.438. The summed E-state index contributed by atoms with van der Waals surface area (Å²) in [4.78, 5) is 9.50. The highest BCUT2D eigenvalue weighted by atomic mass is 35.5. The van der Waals surface area contributed by atoms with Crippen molar-refractivity contribution >= 4 is 29.1 Å². The summed E-state index contributed by atoms with van der Waals surface area (Å²) < 4.78 is 13.3. The van der Waals surface area contributed by atoms with Gasteiger partial charge in [0.2, 0.25) is 0 Å². The van der Waals surface area contributed by atoms with Gasteiger partial charge in [-0.05, 0) is 37.1 Å². The zero-order valence-corrected chi connectivity index (χ0v) is 12.7. The van der Waals surface area contributed by atoms with Gasteiger partial charge in [-0.1, -0.05) is 0 Å². The van der Waals surface area contributed by atoms with Crippen LogP contribution >= 0.6 is 12.4 Å². The second-order valence-corrected chi connectivity index (χ2v) is 5.76. The monoisotopic (exact) mass is 307 g/mol. The number of piperazine rings is 1. The molecule has 1 saturated carbocycles. The van der Waals surface area contributed by atoms with Crippen LogP contribution in [-0.4, -0.2) is 42.1 Å². The van der Waals surface area contributed by atoms with Gasteiger partial charge in [-0.15, -0.1) is 12.4 Å². The number of anilines is 1. The molecule has 5 heteroatoms. The first-order valence-electron chi connectivity index (χ1n) is 7.35. The number of aromatic nitrogens is 1. The van der Waals surface area contributed by atoms with E-state index in [4.69, 9.17) is 0 Å². The smallest absolute Gasteiger partial charge is 0.129 e. The molecule has 0 bridgehead atoms. The molecule has 1 aliphatic heterocycles. The molecule has 0 N–H and O–H groups in total. The molecule has 0 spiro atoms. The maximum atomic E-state index is 13.3. The van der Waals surface area contributed by atoms with Crippen molar-refractivity contribution in [2.45, 2.75) is 18.9 Å². The van der Waals surface area contributed by atoms with Crippen LogP contribution in [0.15, 0.2) is 30.3 Å². The third-order valence-corrected chi connectivity index (χ3v) is 4.34. The first-order valence-corrected chi connectivity index (χ1v) is 7.35. The van der Waals surface area contributed by atoms with Gasteiger partial charge in [0, 0.05) is 43.7 Å². The summed E-state index contributed by atoms with van der Waals surface area (Å²) >= 11 is 0. The lowest BCUT2D eigenvalue weighted by molar-refractivity contribution is 0.247. The highest BCUT2D eigenvalue weighted by molar-refractivity contribution is 5.85. The molecule has 2 aliphatic rings. The maximum absolute atomic E-state index is 13.3. The van der Waals surface area contributed by atoms with Crippen molar-refractivity contribution in [3.8, 4) is 0 Å². The van der Waals surface area contributed by atoms with Crippen LogP contribution in [0.2, 0.25) is 0 Å². The third kappa shape index (κ3) is 2.97. The van der Waals surface area contributed by atoms with Crippen molar-refractivity contribution in [1.29, 1.82) is 0 Å². The van der Waals surface area contributed by atoms with E-state index in [1.165, 1.54) is 25.0 Å². The second-order valence-electron chi connectivity index (χ2n) is 5.76. The molecule has 2 heterocycles. The molecular formula is C16H19ClFN3. The minimum Gasteiger partial charge on any atom is -0.354 e. The summed E-state index contributed by atoms with van der Waals surface area (Å²) in [7, 11) is 0. The highest BCUT2D eigenvalue weighted by Gasteiger charge is 2.31. The lowest BCUT2D eigenvalue weighted by Crippen LogP contribution is -2.47. The van der Waals surface area contributed by atoms with Gasteiger partial charge >= 0.3 is 0 Å². The zero-order valence-electron chi connectivity index (χ0n) is 11.8. The number of rotatable bonds is 2. The number of hydrogen-bond acceptors (Lipinski definition) is 3. The van der Waals surface area contributed by atoms with E-state index in [1.54, 1.807) is 6.07 Å². The Labute approximate surface area is 130 Å². The van der Waals surface area contributed by atoms with E-state index in [9.17, 15) is 4.39 Å². The van der Waals surface area contributed by atoms with E-state index in [1.807, 2.05) is 12.1 Å². The summed E-state index contributed by atoms with van der Waals surface area (Å²) in [6.45, 7) is 4.27. The Morgan fingerprint density at radius 3 is 2.43 bits per heavy atom. The van der Waals surface area contributed by atoms with Crippen molar-refractivity contribution in [3.05, 3.63) is 36.1 Å². The molecular weight excluding hydrogens is 289 g/mol. The quantitative estimate of drug-likeness (QED) is 0.850. The summed E-state index contributed by atoms with van der Waals surface area (Å²) in [5.41, 5.74) is 0.743. The average molecular weight is 308 g/mol. The summed E-state index contributed by atoms with van der Waals surface area (Å²) in [6, 6.07) is 9.71. The van der Waals surface area contributed by atoms with Crippen LogP contribution in [0.25, 0.3) is 10.9 Å². The molecule has 112 valence electrons. The molecule has 1 saturated heterocycles. The molecule has 2 aromatic rings. The van der Waals surface area contributed by atoms with Gasteiger partial charge in [-0.25, -0.2) is 9.37 Å². The Balaban J connectivity index is 0.00000132. The first-order chi connectivity index (χ1) is 9.79. The molecule has 0 amide bonds. The number of pyridine rings is 1. The van der Waals surface area contributed by atoms with Crippen LogP contribution in [-0.2, 0) is 0 Å². The minimum absolute atomic E-state index is 0. The molecule has 1 aromatic carbocycles. The zero-order chi connectivity index (χ0) is 13.5. The molecule has 0 atom stereocenters. The van der Waals surface area contributed by atoms with Crippen molar-refractivity contribution in [2.75, 3.05) is 31.1 Å². The second kappa shape index (κ2) is 5.78. The van der Waals surface area contributed by atoms with Crippen LogP contribution in [0.5, 0.6) is 0 Å². The SMILES string of the molecule is Cl.Fc1ccc2ccc(N3CCN(C4CC4)CC3)nc2c1. The molecule has 1 aromatic heterocycles. The van der Waals surface area contributed by atoms with E-state index in [0.717, 1.165) is 48.9 Å². The summed E-state index contributed by atoms with van der Waals surface area (Å²) in [5, 5.41) is 0.992. The van der Waals surface area contributed by atoms with E-state index in [2.05, 4.69) is 14.8 Å². The van der Waals surface area contributed by atoms with Gasteiger partial charge in [0.05, 0.1) is 5.52 Å². The van der Waals surface area contributed by atoms with Gasteiger partial charge in [-0.3, -0.25) is 4.90 Å². The van der Waals surface area contributed by atoms with E-state index >= 15 is 0 Å². The fourth-order valence-electron chi connectivity index (χ4n) is 3.01. The number of fused-ring (bicyclic) bond motifs is 1. The standard InChI is InChI=1S/C16H18FN3.ClH/c17-13-3-1-12-2-6-16(18-15(12)11-13)20-9-7-19(8-10-20)14-4-5-14;/h1-3,6,11,14H,4-5,7-10H2;1H. The average Bonchev–Trinajstić information content (AvgIpc) is 3.31. The molecule has 1 aliphatic carbocycles. The molecule has 2 fully saturated rings. The minimum atomic E-state index is -0.222. The Morgan fingerprint density at radius 1 is 1.00 bits per heavy atom. The lowest BCUT2D eigenvalue weighted by atomic mass is 10.2. The van der Waals surface area contributed by atoms with Crippen LogP contribution in [0, 0.1) is 5.82 Å². The van der Waals surface area contributed by atoms with Crippen molar-refractivity contribution in [2.24, 2.45) is 0 Å². The highest BCUT2D eigenvalue weighted by Crippen LogP contribution is 2.28. The van der Waals surface area contributed by atoms with Crippen molar-refractivity contribution in [3.63, 3.8) is 0 Å². The number of hydrogen-bond donors (Lipinski definition) is 0. The van der Waals surface area contributed by atoms with Crippen LogP contribution in [0.4, 0.5) is 10.2 Å². The Morgan fingerprint density at radius 2 is 1.71 bits per heavy atom. The van der Waals surface area contributed by atoms with Gasteiger partial charge < -0.3 is 4.90 Å². The topological polar surface area (TPSA) is 19.4 Å². The van der Waals surface area contributed by atoms with Gasteiger partial charge in [0.1, 0.15) is 11.6 Å². The number of nitrogens with zero attached hydrogens (tertiary/aromatic N) is 3. The van der Waals surface area contributed by atoms with E-state index < -0.39 is 0 Å². The summed E-state index contributed by atoms with van der Waals surface area (Å²) in [5.74, 6) is 0.749. The molecule has 21 heavy (non-hydrogen) atoms. The van der Waals surface area contributed by atoms with Crippen LogP contribution in [0.3, 0.4) is 0 Å². The number of benzene rings is 1. The van der Waals surface area contributed by atoms with Gasteiger partial charge in [0.25, 0.3) is 0 Å². The normalized spacial score (nSPS) is 19.6. The fourth-order valence-corrected chi connectivity index (χ4v) is 3.01. The van der Waals surface area contributed by atoms with E-state index in [-0.39, 0.29) is 18.2 Å². The van der Waals surface area contributed by atoms with Crippen LogP contribution < -0.4 is 4.90 Å². The predicted octanol–water partition coefficient (Wildman–Crippen LogP) is 3.08. The third-order valence-electron chi connectivity index (χ3n) is 4.34. The Bertz CT molecular complexity index is 636. The Hall–Kier alpha value is -1.39. The molecule has 4 rings (SSSR count). The number of halogens is 2.